The third-order valence-electron chi connectivity index (χ3n) is 4.68. The van der Waals surface area contributed by atoms with E-state index in [1.54, 1.807) is 13.1 Å². The number of halogens is 1. The second-order valence-corrected chi connectivity index (χ2v) is 6.95. The van der Waals surface area contributed by atoms with Crippen LogP contribution >= 0.6 is 11.6 Å². The van der Waals surface area contributed by atoms with Crippen LogP contribution in [0, 0.1) is 5.92 Å². The number of guanidine groups is 1. The molecule has 1 aromatic carbocycles. The number of hydrogen-bond acceptors (Lipinski definition) is 3. The number of carbonyl (C=O) groups is 1. The number of likely N-dealkylation sites (tertiary alicyclic amines) is 1. The lowest BCUT2D eigenvalue weighted by molar-refractivity contribution is -0.121. The van der Waals surface area contributed by atoms with Crippen LogP contribution in [0.5, 0.6) is 0 Å². The largest absolute Gasteiger partial charge is 0.386 e. The molecule has 0 spiro atoms. The van der Waals surface area contributed by atoms with Crippen molar-refractivity contribution in [2.45, 2.75) is 32.3 Å². The Labute approximate surface area is 160 Å². The Balaban J connectivity index is 1.95. The molecule has 2 rings (SSSR count). The van der Waals surface area contributed by atoms with E-state index in [4.69, 9.17) is 11.6 Å². The number of hydrogen-bond donors (Lipinski definition) is 3. The molecule has 1 saturated heterocycles. The molecule has 144 valence electrons. The molecule has 26 heavy (non-hydrogen) atoms. The van der Waals surface area contributed by atoms with E-state index in [1.165, 1.54) is 0 Å². The number of nitrogens with one attached hydrogen (secondary N) is 2. The van der Waals surface area contributed by atoms with E-state index in [2.05, 4.69) is 20.5 Å². The Bertz CT molecular complexity index is 615. The summed E-state index contributed by atoms with van der Waals surface area (Å²) in [6, 6.07) is 7.29. The van der Waals surface area contributed by atoms with Gasteiger partial charge in [0.05, 0.1) is 6.54 Å². The molecule has 0 saturated carbocycles. The first-order chi connectivity index (χ1) is 12.5. The van der Waals surface area contributed by atoms with Crippen LogP contribution in [0.1, 0.15) is 37.9 Å². The first-order valence-electron chi connectivity index (χ1n) is 9.21. The van der Waals surface area contributed by atoms with Gasteiger partial charge in [-0.25, -0.2) is 0 Å². The maximum Gasteiger partial charge on any atom is 0.220 e. The summed E-state index contributed by atoms with van der Waals surface area (Å²) in [5.41, 5.74) is 0.693. The molecule has 0 aromatic heterocycles. The van der Waals surface area contributed by atoms with Crippen molar-refractivity contribution in [2.24, 2.45) is 10.9 Å². The van der Waals surface area contributed by atoms with E-state index in [-0.39, 0.29) is 12.5 Å². The van der Waals surface area contributed by atoms with Crippen LogP contribution in [0.3, 0.4) is 0 Å². The summed E-state index contributed by atoms with van der Waals surface area (Å²) in [6.07, 6.45) is 1.78. The standard InChI is InChI=1S/C19H29ClN4O2/c1-3-22-19(23-13-17(25)15-6-4-5-7-16(15)20)24-10-8-14(9-11-24)12-18(26)21-2/h4-7,14,17,25H,3,8-13H2,1-2H3,(H,21,26)(H,22,23). The van der Waals surface area contributed by atoms with E-state index >= 15 is 0 Å². The summed E-state index contributed by atoms with van der Waals surface area (Å²) < 4.78 is 0. The molecule has 1 heterocycles. The van der Waals surface area contributed by atoms with Gasteiger partial charge in [0, 0.05) is 43.7 Å². The van der Waals surface area contributed by atoms with E-state index < -0.39 is 6.10 Å². The number of carbonyl (C=O) groups excluding carboxylic acids is 1. The van der Waals surface area contributed by atoms with Crippen molar-refractivity contribution >= 4 is 23.5 Å². The minimum Gasteiger partial charge on any atom is -0.386 e. The molecular weight excluding hydrogens is 352 g/mol. The van der Waals surface area contributed by atoms with Crippen molar-refractivity contribution in [3.8, 4) is 0 Å². The number of nitrogens with zero attached hydrogens (tertiary/aromatic N) is 2. The van der Waals surface area contributed by atoms with Crippen LogP contribution in [-0.2, 0) is 4.79 Å². The van der Waals surface area contributed by atoms with Gasteiger partial charge in [0.1, 0.15) is 6.10 Å². The van der Waals surface area contributed by atoms with Gasteiger partial charge in [-0.3, -0.25) is 9.79 Å². The van der Waals surface area contributed by atoms with E-state index in [0.29, 0.717) is 22.9 Å². The molecule has 0 radical (unpaired) electrons. The zero-order valence-electron chi connectivity index (χ0n) is 15.5. The van der Waals surface area contributed by atoms with Crippen LogP contribution in [0.15, 0.2) is 29.3 Å². The summed E-state index contributed by atoms with van der Waals surface area (Å²) in [5, 5.41) is 16.9. The molecule has 7 heteroatoms. The highest BCUT2D eigenvalue weighted by atomic mass is 35.5. The van der Waals surface area contributed by atoms with Gasteiger partial charge in [0.25, 0.3) is 0 Å². The van der Waals surface area contributed by atoms with Crippen molar-refractivity contribution < 1.29 is 9.90 Å². The monoisotopic (exact) mass is 380 g/mol. The third kappa shape index (κ3) is 5.88. The van der Waals surface area contributed by atoms with Gasteiger partial charge in [0.2, 0.25) is 5.91 Å². The van der Waals surface area contributed by atoms with Gasteiger partial charge >= 0.3 is 0 Å². The minimum atomic E-state index is -0.733. The molecule has 1 unspecified atom stereocenters. The summed E-state index contributed by atoms with van der Waals surface area (Å²) in [6.45, 7) is 4.76. The van der Waals surface area contributed by atoms with Gasteiger partial charge in [-0.05, 0) is 31.7 Å². The smallest absolute Gasteiger partial charge is 0.220 e. The zero-order valence-corrected chi connectivity index (χ0v) is 16.3. The van der Waals surface area contributed by atoms with Crippen LogP contribution < -0.4 is 10.6 Å². The quantitative estimate of drug-likeness (QED) is 0.522. The lowest BCUT2D eigenvalue weighted by Crippen LogP contribution is -2.46. The van der Waals surface area contributed by atoms with E-state index in [0.717, 1.165) is 38.4 Å². The highest BCUT2D eigenvalue weighted by Gasteiger charge is 2.23. The first-order valence-corrected chi connectivity index (χ1v) is 9.59. The fraction of sp³-hybridized carbons (Fsp3) is 0.579. The molecule has 1 amide bonds. The normalized spacial score (nSPS) is 17.1. The van der Waals surface area contributed by atoms with Gasteiger partial charge < -0.3 is 20.6 Å². The van der Waals surface area contributed by atoms with Crippen LogP contribution in [0.4, 0.5) is 0 Å². The zero-order chi connectivity index (χ0) is 18.9. The molecule has 0 aliphatic carbocycles. The topological polar surface area (TPSA) is 77.0 Å². The van der Waals surface area contributed by atoms with Crippen LogP contribution in [0.2, 0.25) is 5.02 Å². The number of benzene rings is 1. The first kappa shape index (κ1) is 20.5. The molecule has 6 nitrogen and oxygen atoms in total. The minimum absolute atomic E-state index is 0.104. The maximum absolute atomic E-state index is 11.5. The summed E-state index contributed by atoms with van der Waals surface area (Å²) in [7, 11) is 1.68. The van der Waals surface area contributed by atoms with Crippen molar-refractivity contribution in [3.63, 3.8) is 0 Å². The molecule has 1 fully saturated rings. The Morgan fingerprint density at radius 2 is 2.08 bits per heavy atom. The van der Waals surface area contributed by atoms with Crippen molar-refractivity contribution in [1.29, 1.82) is 0 Å². The molecule has 0 bridgehead atoms. The third-order valence-corrected chi connectivity index (χ3v) is 5.02. The molecule has 1 aliphatic heterocycles. The highest BCUT2D eigenvalue weighted by molar-refractivity contribution is 6.31. The summed E-state index contributed by atoms with van der Waals surface area (Å²) in [5.74, 6) is 1.33. The Morgan fingerprint density at radius 1 is 1.38 bits per heavy atom. The molecule has 3 N–H and O–H groups in total. The number of aliphatic imine (C=N–C) groups is 1. The maximum atomic E-state index is 11.5. The molecule has 1 aliphatic rings. The second kappa shape index (κ2) is 10.4. The Kier molecular flexibility index (Phi) is 8.19. The number of aliphatic hydroxyl groups is 1. The van der Waals surface area contributed by atoms with Crippen molar-refractivity contribution in [3.05, 3.63) is 34.9 Å². The Morgan fingerprint density at radius 3 is 2.69 bits per heavy atom. The fourth-order valence-electron chi connectivity index (χ4n) is 3.16. The summed E-state index contributed by atoms with van der Waals surface area (Å²) >= 11 is 6.15. The van der Waals surface area contributed by atoms with Crippen LogP contribution in [-0.4, -0.2) is 55.1 Å². The molecular formula is C19H29ClN4O2. The van der Waals surface area contributed by atoms with Gasteiger partial charge in [-0.2, -0.15) is 0 Å². The van der Waals surface area contributed by atoms with Crippen LogP contribution in [0.25, 0.3) is 0 Å². The predicted octanol–water partition coefficient (Wildman–Crippen LogP) is 2.19. The number of piperidine rings is 1. The number of rotatable bonds is 6. The predicted molar refractivity (Wildman–Crippen MR) is 105 cm³/mol. The number of amides is 1. The summed E-state index contributed by atoms with van der Waals surface area (Å²) in [4.78, 5) is 18.3. The SMILES string of the molecule is CCNC(=NCC(O)c1ccccc1Cl)N1CCC(CC(=O)NC)CC1. The fourth-order valence-corrected chi connectivity index (χ4v) is 3.42. The van der Waals surface area contributed by atoms with E-state index in [1.807, 2.05) is 25.1 Å². The van der Waals surface area contributed by atoms with Gasteiger partial charge in [-0.1, -0.05) is 29.8 Å². The number of aliphatic hydroxyl groups excluding tert-OH is 1. The lowest BCUT2D eigenvalue weighted by atomic mass is 9.93. The molecule has 1 aromatic rings. The second-order valence-electron chi connectivity index (χ2n) is 6.54. The molecule has 1 atom stereocenters. The van der Waals surface area contributed by atoms with Crippen molar-refractivity contribution in [1.82, 2.24) is 15.5 Å². The van der Waals surface area contributed by atoms with Crippen molar-refractivity contribution in [2.75, 3.05) is 33.2 Å². The van der Waals surface area contributed by atoms with Gasteiger partial charge in [-0.15, -0.1) is 0 Å². The average Bonchev–Trinajstić information content (AvgIpc) is 2.66. The van der Waals surface area contributed by atoms with E-state index in [9.17, 15) is 9.90 Å². The average molecular weight is 381 g/mol. The Hall–Kier alpha value is -1.79. The van der Waals surface area contributed by atoms with Gasteiger partial charge in [0.15, 0.2) is 5.96 Å². The lowest BCUT2D eigenvalue weighted by Gasteiger charge is -2.34. The highest BCUT2D eigenvalue weighted by Crippen LogP contribution is 2.23.